The number of hydrogen-bond acceptors (Lipinski definition) is 4. The van der Waals surface area contributed by atoms with Gasteiger partial charge in [-0.2, -0.15) is 0 Å². The Morgan fingerprint density at radius 2 is 2.21 bits per heavy atom. The summed E-state index contributed by atoms with van der Waals surface area (Å²) in [5.74, 6) is -0.343. The topological polar surface area (TPSA) is 67.0 Å². The molecule has 0 saturated carbocycles. The second-order valence-electron chi connectivity index (χ2n) is 4.37. The lowest BCUT2D eigenvalue weighted by Crippen LogP contribution is -2.09. The lowest BCUT2D eigenvalue weighted by molar-refractivity contribution is 0.0601. The van der Waals surface area contributed by atoms with E-state index >= 15 is 0 Å². The third kappa shape index (κ3) is 2.93. The Hall–Kier alpha value is -2.30. The standard InChI is InChI=1S/C14H17N3O2/c1-9-4-5-12(11(6-9)14(18)19-3)15-7-13-10(2)16-8-17-13/h4-6,8,15H,7H2,1-3H3,(H,16,17). The third-order valence-electron chi connectivity index (χ3n) is 2.96. The van der Waals surface area contributed by atoms with E-state index in [1.807, 2.05) is 32.0 Å². The minimum absolute atomic E-state index is 0.343. The van der Waals surface area contributed by atoms with Gasteiger partial charge in [-0.15, -0.1) is 0 Å². The van der Waals surface area contributed by atoms with Crippen molar-refractivity contribution in [3.05, 3.63) is 47.0 Å². The fraction of sp³-hybridized carbons (Fsp3) is 0.286. The number of aromatic nitrogens is 2. The number of esters is 1. The first kappa shape index (κ1) is 13.1. The molecule has 0 radical (unpaired) electrons. The van der Waals surface area contributed by atoms with Gasteiger partial charge in [-0.3, -0.25) is 0 Å². The number of imidazole rings is 1. The number of nitrogens with one attached hydrogen (secondary N) is 2. The van der Waals surface area contributed by atoms with Crippen molar-refractivity contribution in [2.75, 3.05) is 12.4 Å². The van der Waals surface area contributed by atoms with Gasteiger partial charge in [0.05, 0.1) is 31.2 Å². The number of aromatic amines is 1. The molecule has 0 spiro atoms. The number of aryl methyl sites for hydroxylation is 2. The van der Waals surface area contributed by atoms with Gasteiger partial charge in [0, 0.05) is 11.4 Å². The number of hydrogen-bond donors (Lipinski definition) is 2. The van der Waals surface area contributed by atoms with Gasteiger partial charge < -0.3 is 15.0 Å². The van der Waals surface area contributed by atoms with E-state index in [9.17, 15) is 4.79 Å². The molecule has 0 aliphatic heterocycles. The van der Waals surface area contributed by atoms with Crippen LogP contribution in [0.3, 0.4) is 0 Å². The molecule has 1 aromatic heterocycles. The lowest BCUT2D eigenvalue weighted by atomic mass is 10.1. The molecule has 2 aromatic rings. The van der Waals surface area contributed by atoms with Gasteiger partial charge in [-0.1, -0.05) is 11.6 Å². The van der Waals surface area contributed by atoms with Crippen LogP contribution in [0.5, 0.6) is 0 Å². The van der Waals surface area contributed by atoms with Crippen molar-refractivity contribution in [3.63, 3.8) is 0 Å². The zero-order valence-electron chi connectivity index (χ0n) is 11.3. The summed E-state index contributed by atoms with van der Waals surface area (Å²) in [5.41, 5.74) is 4.24. The van der Waals surface area contributed by atoms with Crippen LogP contribution in [0.4, 0.5) is 5.69 Å². The fourth-order valence-electron chi connectivity index (χ4n) is 1.84. The normalized spacial score (nSPS) is 10.3. The average molecular weight is 259 g/mol. The summed E-state index contributed by atoms with van der Waals surface area (Å²) in [6, 6.07) is 5.64. The number of carbonyl (C=O) groups is 1. The van der Waals surface area contributed by atoms with E-state index in [4.69, 9.17) is 4.74 Å². The van der Waals surface area contributed by atoms with E-state index in [1.165, 1.54) is 7.11 Å². The second kappa shape index (κ2) is 5.56. The number of methoxy groups -OCH3 is 1. The highest BCUT2D eigenvalue weighted by molar-refractivity contribution is 5.95. The molecule has 0 fully saturated rings. The van der Waals surface area contributed by atoms with Gasteiger partial charge >= 0.3 is 5.97 Å². The molecule has 1 aromatic carbocycles. The van der Waals surface area contributed by atoms with Crippen LogP contribution in [0.1, 0.15) is 27.3 Å². The van der Waals surface area contributed by atoms with Crippen molar-refractivity contribution < 1.29 is 9.53 Å². The molecular formula is C14H17N3O2. The third-order valence-corrected chi connectivity index (χ3v) is 2.96. The van der Waals surface area contributed by atoms with E-state index in [0.717, 1.165) is 22.6 Å². The molecule has 2 rings (SSSR count). The SMILES string of the molecule is COC(=O)c1cc(C)ccc1NCc1nc[nH]c1C. The Bertz CT molecular complexity index is 590. The van der Waals surface area contributed by atoms with Crippen LogP contribution < -0.4 is 5.32 Å². The van der Waals surface area contributed by atoms with Gasteiger partial charge in [0.25, 0.3) is 0 Å². The largest absolute Gasteiger partial charge is 0.465 e. The van der Waals surface area contributed by atoms with E-state index in [0.29, 0.717) is 12.1 Å². The zero-order chi connectivity index (χ0) is 13.8. The summed E-state index contributed by atoms with van der Waals surface area (Å²) >= 11 is 0. The molecule has 0 aliphatic rings. The van der Waals surface area contributed by atoms with Crippen molar-refractivity contribution in [2.45, 2.75) is 20.4 Å². The van der Waals surface area contributed by atoms with Gasteiger partial charge in [0.15, 0.2) is 0 Å². The Morgan fingerprint density at radius 1 is 1.42 bits per heavy atom. The summed E-state index contributed by atoms with van der Waals surface area (Å²) < 4.78 is 4.79. The number of benzene rings is 1. The summed E-state index contributed by atoms with van der Waals surface area (Å²) in [7, 11) is 1.38. The molecule has 0 amide bonds. The minimum Gasteiger partial charge on any atom is -0.465 e. The number of nitrogens with zero attached hydrogens (tertiary/aromatic N) is 1. The van der Waals surface area contributed by atoms with Crippen molar-refractivity contribution in [3.8, 4) is 0 Å². The molecule has 0 saturated heterocycles. The maximum atomic E-state index is 11.7. The van der Waals surface area contributed by atoms with Crippen LogP contribution in [0.2, 0.25) is 0 Å². The number of ether oxygens (including phenoxy) is 1. The minimum atomic E-state index is -0.343. The highest BCUT2D eigenvalue weighted by Gasteiger charge is 2.12. The van der Waals surface area contributed by atoms with Gasteiger partial charge in [0.1, 0.15) is 0 Å². The van der Waals surface area contributed by atoms with Crippen LogP contribution in [0.25, 0.3) is 0 Å². The molecule has 1 heterocycles. The van der Waals surface area contributed by atoms with Crippen LogP contribution in [-0.4, -0.2) is 23.0 Å². The van der Waals surface area contributed by atoms with Crippen LogP contribution in [0, 0.1) is 13.8 Å². The molecule has 0 atom stereocenters. The maximum Gasteiger partial charge on any atom is 0.339 e. The van der Waals surface area contributed by atoms with Crippen molar-refractivity contribution >= 4 is 11.7 Å². The summed E-state index contributed by atoms with van der Waals surface area (Å²) in [6.45, 7) is 4.46. The molecule has 0 bridgehead atoms. The quantitative estimate of drug-likeness (QED) is 0.827. The number of H-pyrrole nitrogens is 1. The first-order valence-electron chi connectivity index (χ1n) is 6.03. The second-order valence-corrected chi connectivity index (χ2v) is 4.37. The zero-order valence-corrected chi connectivity index (χ0v) is 11.3. The summed E-state index contributed by atoms with van der Waals surface area (Å²) in [6.07, 6.45) is 1.66. The average Bonchev–Trinajstić information content (AvgIpc) is 2.82. The van der Waals surface area contributed by atoms with Crippen molar-refractivity contribution in [1.82, 2.24) is 9.97 Å². The predicted molar refractivity (Wildman–Crippen MR) is 73.2 cm³/mol. The highest BCUT2D eigenvalue weighted by Crippen LogP contribution is 2.19. The first-order chi connectivity index (χ1) is 9.11. The van der Waals surface area contributed by atoms with Crippen LogP contribution in [0.15, 0.2) is 24.5 Å². The molecule has 5 heteroatoms. The number of anilines is 1. The summed E-state index contributed by atoms with van der Waals surface area (Å²) in [4.78, 5) is 19.0. The first-order valence-corrected chi connectivity index (χ1v) is 6.03. The smallest absolute Gasteiger partial charge is 0.339 e. The molecule has 19 heavy (non-hydrogen) atoms. The number of carbonyl (C=O) groups excluding carboxylic acids is 1. The molecule has 0 aliphatic carbocycles. The molecule has 100 valence electrons. The fourth-order valence-corrected chi connectivity index (χ4v) is 1.84. The number of rotatable bonds is 4. The van der Waals surface area contributed by atoms with Gasteiger partial charge in [-0.25, -0.2) is 9.78 Å². The molecule has 2 N–H and O–H groups in total. The Balaban J connectivity index is 2.20. The lowest BCUT2D eigenvalue weighted by Gasteiger charge is -2.11. The van der Waals surface area contributed by atoms with E-state index in [2.05, 4.69) is 15.3 Å². The van der Waals surface area contributed by atoms with E-state index in [1.54, 1.807) is 6.33 Å². The van der Waals surface area contributed by atoms with E-state index < -0.39 is 0 Å². The predicted octanol–water partition coefficient (Wildman–Crippen LogP) is 2.43. The van der Waals surface area contributed by atoms with E-state index in [-0.39, 0.29) is 5.97 Å². The monoisotopic (exact) mass is 259 g/mol. The Kier molecular flexibility index (Phi) is 3.85. The Labute approximate surface area is 112 Å². The maximum absolute atomic E-state index is 11.7. The Morgan fingerprint density at radius 3 is 2.84 bits per heavy atom. The van der Waals surface area contributed by atoms with Crippen LogP contribution >= 0.6 is 0 Å². The van der Waals surface area contributed by atoms with Gasteiger partial charge in [0.2, 0.25) is 0 Å². The molecule has 5 nitrogen and oxygen atoms in total. The summed E-state index contributed by atoms with van der Waals surface area (Å²) in [5, 5.41) is 3.22. The highest BCUT2D eigenvalue weighted by atomic mass is 16.5. The van der Waals surface area contributed by atoms with Crippen LogP contribution in [-0.2, 0) is 11.3 Å². The van der Waals surface area contributed by atoms with Crippen molar-refractivity contribution in [2.24, 2.45) is 0 Å². The van der Waals surface area contributed by atoms with Gasteiger partial charge in [-0.05, 0) is 26.0 Å². The molecule has 0 unspecified atom stereocenters. The molecular weight excluding hydrogens is 242 g/mol. The van der Waals surface area contributed by atoms with Crippen molar-refractivity contribution in [1.29, 1.82) is 0 Å².